The van der Waals surface area contributed by atoms with E-state index in [-0.39, 0.29) is 5.60 Å². The Hall–Kier alpha value is -1.31. The van der Waals surface area contributed by atoms with Gasteiger partial charge in [0.2, 0.25) is 0 Å². The molecule has 15 heavy (non-hydrogen) atoms. The average Bonchev–Trinajstić information content (AvgIpc) is 3.11. The highest BCUT2D eigenvalue weighted by Crippen LogP contribution is 2.70. The van der Waals surface area contributed by atoms with Crippen LogP contribution in [0.2, 0.25) is 0 Å². The summed E-state index contributed by atoms with van der Waals surface area (Å²) in [5.41, 5.74) is 2.88. The Labute approximate surface area is 88.9 Å². The van der Waals surface area contributed by atoms with Gasteiger partial charge in [-0.25, -0.2) is 0 Å². The molecule has 76 valence electrons. The van der Waals surface area contributed by atoms with Gasteiger partial charge in [-0.1, -0.05) is 35.5 Å². The van der Waals surface area contributed by atoms with Crippen LogP contribution >= 0.6 is 0 Å². The van der Waals surface area contributed by atoms with Crippen molar-refractivity contribution in [2.45, 2.75) is 31.3 Å². The normalized spacial score (nSPS) is 27.6. The molecule has 1 aliphatic heterocycles. The van der Waals surface area contributed by atoms with E-state index in [2.05, 4.69) is 29.4 Å². The van der Waals surface area contributed by atoms with E-state index in [0.29, 0.717) is 5.41 Å². The smallest absolute Gasteiger partial charge is 0.149 e. The lowest BCUT2D eigenvalue weighted by molar-refractivity contribution is 0.0328. The molecule has 0 N–H and O–H groups in total. The molecular weight excluding hydrogens is 186 g/mol. The Morgan fingerprint density at radius 2 is 1.73 bits per heavy atom. The molecule has 0 aromatic heterocycles. The van der Waals surface area contributed by atoms with Crippen LogP contribution in [0.5, 0.6) is 0 Å². The SMILES string of the molecule is c1ccc(C2=NOC3(CC3)C23CC3)cc1. The highest BCUT2D eigenvalue weighted by Gasteiger charge is 2.73. The topological polar surface area (TPSA) is 21.6 Å². The second kappa shape index (κ2) is 2.26. The lowest BCUT2D eigenvalue weighted by atomic mass is 9.87. The van der Waals surface area contributed by atoms with Crippen molar-refractivity contribution in [1.82, 2.24) is 0 Å². The first-order valence-electron chi connectivity index (χ1n) is 5.69. The maximum Gasteiger partial charge on any atom is 0.149 e. The minimum atomic E-state index is 0.123. The van der Waals surface area contributed by atoms with Crippen LogP contribution in [0.25, 0.3) is 0 Å². The summed E-state index contributed by atoms with van der Waals surface area (Å²) in [7, 11) is 0. The standard InChI is InChI=1S/C13H13NO/c1-2-4-10(5-3-1)11-12(6-7-12)13(8-9-13)15-14-11/h1-5H,6-9H2. The van der Waals surface area contributed by atoms with Gasteiger partial charge in [0, 0.05) is 5.56 Å². The zero-order chi connectivity index (χ0) is 9.93. The Bertz CT molecular complexity index is 441. The van der Waals surface area contributed by atoms with Crippen LogP contribution in [0.4, 0.5) is 0 Å². The second-order valence-electron chi connectivity index (χ2n) is 4.97. The lowest BCUT2D eigenvalue weighted by Gasteiger charge is -2.15. The van der Waals surface area contributed by atoms with Crippen LogP contribution in [0.3, 0.4) is 0 Å². The van der Waals surface area contributed by atoms with Gasteiger partial charge in [-0.05, 0) is 25.7 Å². The highest BCUT2D eigenvalue weighted by molar-refractivity contribution is 6.08. The fourth-order valence-corrected chi connectivity index (χ4v) is 2.95. The molecule has 1 aromatic rings. The maximum absolute atomic E-state index is 5.68. The fraction of sp³-hybridized carbons (Fsp3) is 0.462. The van der Waals surface area contributed by atoms with Crippen molar-refractivity contribution in [3.8, 4) is 0 Å². The Kier molecular flexibility index (Phi) is 1.19. The van der Waals surface area contributed by atoms with Crippen molar-refractivity contribution in [3.05, 3.63) is 35.9 Å². The van der Waals surface area contributed by atoms with Gasteiger partial charge >= 0.3 is 0 Å². The van der Waals surface area contributed by atoms with E-state index in [0.717, 1.165) is 0 Å². The van der Waals surface area contributed by atoms with Gasteiger partial charge in [0.05, 0.1) is 11.1 Å². The average molecular weight is 199 g/mol. The first-order chi connectivity index (χ1) is 7.36. The molecule has 2 fully saturated rings. The van der Waals surface area contributed by atoms with E-state index < -0.39 is 0 Å². The molecule has 0 unspecified atom stereocenters. The predicted molar refractivity (Wildman–Crippen MR) is 57.7 cm³/mol. The van der Waals surface area contributed by atoms with E-state index in [1.807, 2.05) is 6.07 Å². The van der Waals surface area contributed by atoms with Crippen LogP contribution in [0.1, 0.15) is 31.2 Å². The molecule has 2 saturated carbocycles. The summed E-state index contributed by atoms with van der Waals surface area (Å²) in [6, 6.07) is 10.5. The Morgan fingerprint density at radius 3 is 2.33 bits per heavy atom. The van der Waals surface area contributed by atoms with Crippen molar-refractivity contribution < 1.29 is 4.84 Å². The summed E-state index contributed by atoms with van der Waals surface area (Å²) in [5.74, 6) is 0. The van der Waals surface area contributed by atoms with E-state index >= 15 is 0 Å². The van der Waals surface area contributed by atoms with Gasteiger partial charge in [-0.3, -0.25) is 0 Å². The largest absolute Gasteiger partial charge is 0.388 e. The predicted octanol–water partition coefficient (Wildman–Crippen LogP) is 2.73. The maximum atomic E-state index is 5.68. The molecule has 3 aliphatic rings. The molecule has 2 heteroatoms. The first kappa shape index (κ1) is 7.91. The molecule has 0 atom stereocenters. The third kappa shape index (κ3) is 0.834. The molecule has 4 rings (SSSR count). The van der Waals surface area contributed by atoms with E-state index in [4.69, 9.17) is 4.84 Å². The molecule has 1 aromatic carbocycles. The second-order valence-corrected chi connectivity index (χ2v) is 4.97. The molecular formula is C13H13NO. The molecule has 2 spiro atoms. The van der Waals surface area contributed by atoms with E-state index in [9.17, 15) is 0 Å². The van der Waals surface area contributed by atoms with Crippen molar-refractivity contribution in [2.24, 2.45) is 10.6 Å². The molecule has 2 nitrogen and oxygen atoms in total. The molecule has 0 bridgehead atoms. The number of nitrogens with zero attached hydrogens (tertiary/aromatic N) is 1. The third-order valence-corrected chi connectivity index (χ3v) is 4.14. The summed E-state index contributed by atoms with van der Waals surface area (Å²) < 4.78 is 0. The van der Waals surface area contributed by atoms with Gasteiger partial charge in [-0.2, -0.15) is 0 Å². The number of benzene rings is 1. The van der Waals surface area contributed by atoms with Gasteiger partial charge in [0.15, 0.2) is 0 Å². The Morgan fingerprint density at radius 1 is 1.00 bits per heavy atom. The summed E-state index contributed by atoms with van der Waals surface area (Å²) >= 11 is 0. The molecule has 0 amide bonds. The van der Waals surface area contributed by atoms with Gasteiger partial charge in [0.1, 0.15) is 5.60 Å². The van der Waals surface area contributed by atoms with Crippen LogP contribution in [0, 0.1) is 5.41 Å². The molecule has 0 saturated heterocycles. The van der Waals surface area contributed by atoms with E-state index in [1.165, 1.54) is 37.0 Å². The molecule has 1 heterocycles. The number of rotatable bonds is 1. The summed E-state index contributed by atoms with van der Waals surface area (Å²) in [5, 5.41) is 4.35. The number of hydrogen-bond donors (Lipinski definition) is 0. The quantitative estimate of drug-likeness (QED) is 0.681. The Balaban J connectivity index is 1.80. The zero-order valence-electron chi connectivity index (χ0n) is 8.57. The van der Waals surface area contributed by atoms with Gasteiger partial charge < -0.3 is 4.84 Å². The summed E-state index contributed by atoms with van der Waals surface area (Å²) in [6.07, 6.45) is 4.93. The summed E-state index contributed by atoms with van der Waals surface area (Å²) in [4.78, 5) is 5.68. The lowest BCUT2D eigenvalue weighted by Crippen LogP contribution is -2.27. The van der Waals surface area contributed by atoms with Crippen LogP contribution in [-0.4, -0.2) is 11.3 Å². The van der Waals surface area contributed by atoms with Crippen LogP contribution < -0.4 is 0 Å². The van der Waals surface area contributed by atoms with Crippen molar-refractivity contribution in [1.29, 1.82) is 0 Å². The molecule has 0 radical (unpaired) electrons. The highest BCUT2D eigenvalue weighted by atomic mass is 16.7. The van der Waals surface area contributed by atoms with Crippen molar-refractivity contribution >= 4 is 5.71 Å². The monoisotopic (exact) mass is 199 g/mol. The van der Waals surface area contributed by atoms with Gasteiger partial charge in [0.25, 0.3) is 0 Å². The van der Waals surface area contributed by atoms with E-state index in [1.54, 1.807) is 0 Å². The van der Waals surface area contributed by atoms with Crippen LogP contribution in [0.15, 0.2) is 35.5 Å². The van der Waals surface area contributed by atoms with Crippen LogP contribution in [-0.2, 0) is 4.84 Å². The summed E-state index contributed by atoms with van der Waals surface area (Å²) in [6.45, 7) is 0. The minimum Gasteiger partial charge on any atom is -0.388 e. The fourth-order valence-electron chi connectivity index (χ4n) is 2.95. The van der Waals surface area contributed by atoms with Crippen molar-refractivity contribution in [3.63, 3.8) is 0 Å². The first-order valence-corrected chi connectivity index (χ1v) is 5.69. The zero-order valence-corrected chi connectivity index (χ0v) is 8.57. The number of fused-ring (bicyclic) bond motifs is 1. The van der Waals surface area contributed by atoms with Crippen molar-refractivity contribution in [2.75, 3.05) is 0 Å². The minimum absolute atomic E-state index is 0.123. The number of hydrogen-bond acceptors (Lipinski definition) is 2. The third-order valence-electron chi connectivity index (χ3n) is 4.14. The number of oxime groups is 1. The molecule has 2 aliphatic carbocycles. The van der Waals surface area contributed by atoms with Gasteiger partial charge in [-0.15, -0.1) is 0 Å².